The molecule has 0 spiro atoms. The Bertz CT molecular complexity index is 684. The van der Waals surface area contributed by atoms with Gasteiger partial charge in [-0.25, -0.2) is 15.0 Å². The van der Waals surface area contributed by atoms with Gasteiger partial charge in [0.1, 0.15) is 16.6 Å². The standard InChI is InChI=1S/C15H15N5S/c16-12-6-7-17-13(20-12)10-19-14(15-18-8-9-21-15)11-4-2-1-3-5-11/h1-9,14,19H,10H2,(H2,16,17,20)/t14-/m0/s1. The van der Waals surface area contributed by atoms with E-state index in [1.165, 1.54) is 0 Å². The molecular weight excluding hydrogens is 282 g/mol. The van der Waals surface area contributed by atoms with E-state index in [4.69, 9.17) is 5.73 Å². The summed E-state index contributed by atoms with van der Waals surface area (Å²) >= 11 is 1.63. The van der Waals surface area contributed by atoms with E-state index in [1.54, 1.807) is 23.6 Å². The van der Waals surface area contributed by atoms with Gasteiger partial charge in [-0.15, -0.1) is 11.3 Å². The number of thiazole rings is 1. The Morgan fingerprint density at radius 2 is 1.95 bits per heavy atom. The molecule has 3 aromatic rings. The fraction of sp³-hybridized carbons (Fsp3) is 0.133. The molecule has 6 heteroatoms. The number of hydrogen-bond acceptors (Lipinski definition) is 6. The van der Waals surface area contributed by atoms with Crippen LogP contribution in [0.1, 0.15) is 22.4 Å². The number of nitrogens with one attached hydrogen (secondary N) is 1. The number of aromatic nitrogens is 3. The van der Waals surface area contributed by atoms with Crippen LogP contribution in [0.15, 0.2) is 54.2 Å². The van der Waals surface area contributed by atoms with Crippen LogP contribution in [0.2, 0.25) is 0 Å². The highest BCUT2D eigenvalue weighted by Crippen LogP contribution is 2.23. The van der Waals surface area contributed by atoms with Crippen LogP contribution in [0, 0.1) is 0 Å². The van der Waals surface area contributed by atoms with Crippen LogP contribution in [-0.2, 0) is 6.54 Å². The lowest BCUT2D eigenvalue weighted by molar-refractivity contribution is 0.584. The number of hydrogen-bond donors (Lipinski definition) is 2. The van der Waals surface area contributed by atoms with E-state index in [0.29, 0.717) is 18.2 Å². The molecule has 1 aromatic carbocycles. The Morgan fingerprint density at radius 1 is 1.10 bits per heavy atom. The zero-order valence-corrected chi connectivity index (χ0v) is 12.1. The van der Waals surface area contributed by atoms with Gasteiger partial charge in [-0.05, 0) is 11.6 Å². The molecule has 0 fully saturated rings. The summed E-state index contributed by atoms with van der Waals surface area (Å²) in [6.45, 7) is 0.532. The van der Waals surface area contributed by atoms with E-state index >= 15 is 0 Å². The molecule has 3 N–H and O–H groups in total. The third-order valence-corrected chi connectivity index (χ3v) is 3.86. The van der Waals surface area contributed by atoms with E-state index in [1.807, 2.05) is 29.8 Å². The van der Waals surface area contributed by atoms with E-state index in [0.717, 1.165) is 10.6 Å². The number of nitrogens with two attached hydrogens (primary N) is 1. The van der Waals surface area contributed by atoms with Crippen molar-refractivity contribution in [2.75, 3.05) is 5.73 Å². The average molecular weight is 297 g/mol. The summed E-state index contributed by atoms with van der Waals surface area (Å²) in [6, 6.07) is 11.9. The lowest BCUT2D eigenvalue weighted by atomic mass is 10.1. The molecule has 1 atom stereocenters. The van der Waals surface area contributed by atoms with Crippen molar-refractivity contribution in [3.8, 4) is 0 Å². The van der Waals surface area contributed by atoms with Crippen molar-refractivity contribution < 1.29 is 0 Å². The van der Waals surface area contributed by atoms with Crippen LogP contribution >= 0.6 is 11.3 Å². The van der Waals surface area contributed by atoms with Crippen LogP contribution in [0.3, 0.4) is 0 Å². The fourth-order valence-corrected chi connectivity index (χ4v) is 2.80. The number of rotatable bonds is 5. The molecule has 21 heavy (non-hydrogen) atoms. The SMILES string of the molecule is Nc1ccnc(CN[C@@H](c2ccccc2)c2nccs2)n1. The van der Waals surface area contributed by atoms with Crippen molar-refractivity contribution in [3.05, 3.63) is 70.6 Å². The van der Waals surface area contributed by atoms with Gasteiger partial charge in [-0.1, -0.05) is 30.3 Å². The van der Waals surface area contributed by atoms with Crippen LogP contribution in [0.25, 0.3) is 0 Å². The first-order chi connectivity index (χ1) is 10.3. The Kier molecular flexibility index (Phi) is 4.18. The molecule has 0 amide bonds. The summed E-state index contributed by atoms with van der Waals surface area (Å²) in [5, 5.41) is 6.44. The Morgan fingerprint density at radius 3 is 2.67 bits per heavy atom. The molecule has 2 heterocycles. The maximum Gasteiger partial charge on any atom is 0.144 e. The lowest BCUT2D eigenvalue weighted by Gasteiger charge is -2.16. The monoisotopic (exact) mass is 297 g/mol. The molecule has 3 rings (SSSR count). The third kappa shape index (κ3) is 3.42. The summed E-state index contributed by atoms with van der Waals surface area (Å²) in [7, 11) is 0. The van der Waals surface area contributed by atoms with Crippen LogP contribution in [0.5, 0.6) is 0 Å². The molecule has 0 aliphatic heterocycles. The minimum absolute atomic E-state index is 0.0243. The Hall–Kier alpha value is -2.31. The second-order valence-electron chi connectivity index (χ2n) is 4.49. The van der Waals surface area contributed by atoms with Gasteiger partial charge in [-0.2, -0.15) is 0 Å². The van der Waals surface area contributed by atoms with Gasteiger partial charge in [-0.3, -0.25) is 5.32 Å². The largest absolute Gasteiger partial charge is 0.384 e. The van der Waals surface area contributed by atoms with Crippen molar-refractivity contribution in [2.24, 2.45) is 0 Å². The molecular formula is C15H15N5S. The summed E-state index contributed by atoms with van der Waals surface area (Å²) < 4.78 is 0. The minimum Gasteiger partial charge on any atom is -0.384 e. The topological polar surface area (TPSA) is 76.7 Å². The Labute approximate surface area is 126 Å². The number of benzene rings is 1. The van der Waals surface area contributed by atoms with Crippen LogP contribution in [0.4, 0.5) is 5.82 Å². The zero-order valence-electron chi connectivity index (χ0n) is 11.3. The van der Waals surface area contributed by atoms with Gasteiger partial charge in [0.05, 0.1) is 12.6 Å². The van der Waals surface area contributed by atoms with Crippen LogP contribution in [-0.4, -0.2) is 15.0 Å². The molecule has 0 aliphatic rings. The van der Waals surface area contributed by atoms with Crippen molar-refractivity contribution >= 4 is 17.2 Å². The number of nitrogen functional groups attached to an aromatic ring is 1. The van der Waals surface area contributed by atoms with Crippen molar-refractivity contribution in [2.45, 2.75) is 12.6 Å². The lowest BCUT2D eigenvalue weighted by Crippen LogP contribution is -2.23. The van der Waals surface area contributed by atoms with Gasteiger partial charge in [0.15, 0.2) is 0 Å². The summed E-state index contributed by atoms with van der Waals surface area (Å²) in [4.78, 5) is 12.8. The third-order valence-electron chi connectivity index (χ3n) is 3.02. The summed E-state index contributed by atoms with van der Waals surface area (Å²) in [5.74, 6) is 1.15. The normalized spacial score (nSPS) is 12.2. The highest BCUT2D eigenvalue weighted by atomic mass is 32.1. The first-order valence-corrected chi connectivity index (χ1v) is 7.46. The predicted octanol–water partition coefficient (Wildman–Crippen LogP) is 2.39. The first kappa shape index (κ1) is 13.7. The van der Waals surface area contributed by atoms with E-state index in [-0.39, 0.29) is 6.04 Å². The molecule has 0 saturated heterocycles. The second kappa shape index (κ2) is 6.43. The van der Waals surface area contributed by atoms with Gasteiger partial charge >= 0.3 is 0 Å². The quantitative estimate of drug-likeness (QED) is 0.756. The highest BCUT2D eigenvalue weighted by Gasteiger charge is 2.16. The van der Waals surface area contributed by atoms with Gasteiger partial charge < -0.3 is 5.73 Å². The smallest absolute Gasteiger partial charge is 0.144 e. The van der Waals surface area contributed by atoms with Crippen molar-refractivity contribution in [1.82, 2.24) is 20.3 Å². The van der Waals surface area contributed by atoms with E-state index in [2.05, 4.69) is 32.4 Å². The maximum absolute atomic E-state index is 5.68. The molecule has 0 bridgehead atoms. The molecule has 106 valence electrons. The molecule has 0 unspecified atom stereocenters. The van der Waals surface area contributed by atoms with Crippen LogP contribution < -0.4 is 11.1 Å². The van der Waals surface area contributed by atoms with E-state index in [9.17, 15) is 0 Å². The van der Waals surface area contributed by atoms with Gasteiger partial charge in [0.2, 0.25) is 0 Å². The first-order valence-electron chi connectivity index (χ1n) is 6.58. The van der Waals surface area contributed by atoms with Gasteiger partial charge in [0.25, 0.3) is 0 Å². The maximum atomic E-state index is 5.68. The summed E-state index contributed by atoms with van der Waals surface area (Å²) in [5.41, 5.74) is 6.84. The summed E-state index contributed by atoms with van der Waals surface area (Å²) in [6.07, 6.45) is 3.48. The zero-order chi connectivity index (χ0) is 14.5. The highest BCUT2D eigenvalue weighted by molar-refractivity contribution is 7.09. The molecule has 0 aliphatic carbocycles. The molecule has 5 nitrogen and oxygen atoms in total. The average Bonchev–Trinajstić information content (AvgIpc) is 3.03. The number of nitrogens with zero attached hydrogens (tertiary/aromatic N) is 3. The second-order valence-corrected chi connectivity index (χ2v) is 5.42. The minimum atomic E-state index is 0.0243. The predicted molar refractivity (Wildman–Crippen MR) is 83.7 cm³/mol. The molecule has 2 aromatic heterocycles. The fourth-order valence-electron chi connectivity index (χ4n) is 2.06. The number of anilines is 1. The molecule has 0 saturated carbocycles. The Balaban J connectivity index is 1.80. The van der Waals surface area contributed by atoms with E-state index < -0.39 is 0 Å². The van der Waals surface area contributed by atoms with Crippen molar-refractivity contribution in [1.29, 1.82) is 0 Å². The van der Waals surface area contributed by atoms with Crippen molar-refractivity contribution in [3.63, 3.8) is 0 Å². The van der Waals surface area contributed by atoms with Gasteiger partial charge in [0, 0.05) is 17.8 Å². The molecule has 0 radical (unpaired) electrons.